The monoisotopic (exact) mass is 436 g/mol. The van der Waals surface area contributed by atoms with Crippen LogP contribution in [-0.2, 0) is 16.8 Å². The zero-order valence-electron chi connectivity index (χ0n) is 17.4. The van der Waals surface area contributed by atoms with Crippen molar-refractivity contribution in [2.45, 2.75) is 37.7 Å². The van der Waals surface area contributed by atoms with Gasteiger partial charge in [0, 0.05) is 29.2 Å². The first-order chi connectivity index (χ1) is 15.1. The lowest BCUT2D eigenvalue weighted by Crippen LogP contribution is -2.37. The molecule has 1 saturated carbocycles. The summed E-state index contributed by atoms with van der Waals surface area (Å²) in [5.74, 6) is 1.18. The standard InChI is InChI=1S/C25H25ClN2O3/c1-30-22-9-8-21(16-23(22)31-17-18-10-14-27-15-11-18)28-24(29)25(12-2-3-13-25)19-4-6-20(26)7-5-19/h4-11,14-16H,2-3,12-13,17H2,1H3,(H,28,29). The summed E-state index contributed by atoms with van der Waals surface area (Å²) < 4.78 is 11.4. The van der Waals surface area contributed by atoms with Crippen LogP contribution in [0, 0.1) is 0 Å². The Morgan fingerprint density at radius 1 is 1.03 bits per heavy atom. The highest BCUT2D eigenvalue weighted by molar-refractivity contribution is 6.30. The highest BCUT2D eigenvalue weighted by Gasteiger charge is 2.42. The number of nitrogens with one attached hydrogen (secondary N) is 1. The third kappa shape index (κ3) is 4.67. The van der Waals surface area contributed by atoms with Crippen LogP contribution in [0.1, 0.15) is 36.8 Å². The fraction of sp³-hybridized carbons (Fsp3) is 0.280. The maximum absolute atomic E-state index is 13.4. The van der Waals surface area contributed by atoms with E-state index in [2.05, 4.69) is 10.3 Å². The van der Waals surface area contributed by atoms with Crippen molar-refractivity contribution in [3.05, 3.63) is 83.1 Å². The van der Waals surface area contributed by atoms with Crippen molar-refractivity contribution in [1.29, 1.82) is 0 Å². The molecule has 1 fully saturated rings. The van der Waals surface area contributed by atoms with Gasteiger partial charge in [-0.15, -0.1) is 0 Å². The van der Waals surface area contributed by atoms with Gasteiger partial charge < -0.3 is 14.8 Å². The van der Waals surface area contributed by atoms with Crippen LogP contribution in [0.4, 0.5) is 5.69 Å². The molecule has 1 aromatic heterocycles. The molecular formula is C25H25ClN2O3. The van der Waals surface area contributed by atoms with Crippen LogP contribution < -0.4 is 14.8 Å². The Labute approximate surface area is 187 Å². The highest BCUT2D eigenvalue weighted by Crippen LogP contribution is 2.42. The number of nitrogens with zero attached hydrogens (tertiary/aromatic N) is 1. The first-order valence-corrected chi connectivity index (χ1v) is 10.8. The first-order valence-electron chi connectivity index (χ1n) is 10.4. The number of anilines is 1. The number of hydrogen-bond acceptors (Lipinski definition) is 4. The van der Waals surface area contributed by atoms with Gasteiger partial charge in [0.15, 0.2) is 11.5 Å². The molecule has 0 bridgehead atoms. The highest BCUT2D eigenvalue weighted by atomic mass is 35.5. The Hall–Kier alpha value is -3.05. The molecule has 1 aliphatic carbocycles. The van der Waals surface area contributed by atoms with Crippen LogP contribution in [-0.4, -0.2) is 18.0 Å². The van der Waals surface area contributed by atoms with Gasteiger partial charge in [-0.1, -0.05) is 36.6 Å². The number of amides is 1. The third-order valence-electron chi connectivity index (χ3n) is 5.85. The van der Waals surface area contributed by atoms with E-state index in [1.165, 1.54) is 0 Å². The lowest BCUT2D eigenvalue weighted by molar-refractivity contribution is -0.121. The van der Waals surface area contributed by atoms with E-state index in [4.69, 9.17) is 21.1 Å². The van der Waals surface area contributed by atoms with E-state index in [0.717, 1.165) is 36.8 Å². The number of carbonyl (C=O) groups is 1. The summed E-state index contributed by atoms with van der Waals surface area (Å²) in [6, 6.07) is 16.9. The Morgan fingerprint density at radius 3 is 2.42 bits per heavy atom. The van der Waals surface area contributed by atoms with E-state index >= 15 is 0 Å². The van der Waals surface area contributed by atoms with Crippen molar-refractivity contribution in [3.63, 3.8) is 0 Å². The van der Waals surface area contributed by atoms with E-state index in [1.54, 1.807) is 25.6 Å². The lowest BCUT2D eigenvalue weighted by atomic mass is 9.78. The molecule has 1 aliphatic rings. The second-order valence-electron chi connectivity index (χ2n) is 7.76. The molecule has 0 spiro atoms. The normalized spacial score (nSPS) is 14.8. The van der Waals surface area contributed by atoms with E-state index in [1.807, 2.05) is 48.5 Å². The van der Waals surface area contributed by atoms with Gasteiger partial charge in [-0.25, -0.2) is 0 Å². The quantitative estimate of drug-likeness (QED) is 0.510. The zero-order chi connectivity index (χ0) is 21.7. The molecule has 1 heterocycles. The van der Waals surface area contributed by atoms with Crippen LogP contribution in [0.25, 0.3) is 0 Å². The topological polar surface area (TPSA) is 60.5 Å². The predicted octanol–water partition coefficient (Wildman–Crippen LogP) is 5.77. The summed E-state index contributed by atoms with van der Waals surface area (Å²) in [5.41, 5.74) is 2.15. The molecule has 160 valence electrons. The van der Waals surface area contributed by atoms with Crippen molar-refractivity contribution >= 4 is 23.2 Å². The summed E-state index contributed by atoms with van der Waals surface area (Å²) in [4.78, 5) is 17.5. The molecule has 2 aromatic carbocycles. The molecular weight excluding hydrogens is 412 g/mol. The van der Waals surface area contributed by atoms with Crippen molar-refractivity contribution in [2.24, 2.45) is 0 Å². The summed E-state index contributed by atoms with van der Waals surface area (Å²) in [6.45, 7) is 0.380. The summed E-state index contributed by atoms with van der Waals surface area (Å²) in [7, 11) is 1.60. The van der Waals surface area contributed by atoms with Gasteiger partial charge in [0.2, 0.25) is 5.91 Å². The van der Waals surface area contributed by atoms with Crippen molar-refractivity contribution in [3.8, 4) is 11.5 Å². The molecule has 0 aliphatic heterocycles. The first kappa shape index (κ1) is 21.2. The number of halogens is 1. The second kappa shape index (κ2) is 9.40. The molecule has 1 N–H and O–H groups in total. The number of rotatable bonds is 7. The van der Waals surface area contributed by atoms with Gasteiger partial charge in [-0.05, 0) is 60.4 Å². The van der Waals surface area contributed by atoms with E-state index < -0.39 is 5.41 Å². The number of benzene rings is 2. The number of methoxy groups -OCH3 is 1. The van der Waals surface area contributed by atoms with Gasteiger partial charge in [0.1, 0.15) is 6.61 Å². The second-order valence-corrected chi connectivity index (χ2v) is 8.20. The molecule has 4 rings (SSSR count). The largest absolute Gasteiger partial charge is 0.493 e. The van der Waals surface area contributed by atoms with Crippen molar-refractivity contribution in [1.82, 2.24) is 4.98 Å². The summed E-state index contributed by atoms with van der Waals surface area (Å²) in [5, 5.41) is 3.78. The smallest absolute Gasteiger partial charge is 0.235 e. The number of hydrogen-bond donors (Lipinski definition) is 1. The Bertz CT molecular complexity index is 1030. The molecule has 0 saturated heterocycles. The minimum Gasteiger partial charge on any atom is -0.493 e. The minimum absolute atomic E-state index is 0.00225. The van der Waals surface area contributed by atoms with Crippen LogP contribution in [0.2, 0.25) is 5.02 Å². The average molecular weight is 437 g/mol. The number of ether oxygens (including phenoxy) is 2. The number of pyridine rings is 1. The van der Waals surface area contributed by atoms with Gasteiger partial charge in [-0.3, -0.25) is 9.78 Å². The van der Waals surface area contributed by atoms with Gasteiger partial charge >= 0.3 is 0 Å². The average Bonchev–Trinajstić information content (AvgIpc) is 3.30. The Balaban J connectivity index is 1.55. The maximum Gasteiger partial charge on any atom is 0.235 e. The summed E-state index contributed by atoms with van der Waals surface area (Å²) >= 11 is 6.06. The molecule has 0 unspecified atom stereocenters. The Morgan fingerprint density at radius 2 is 1.74 bits per heavy atom. The van der Waals surface area contributed by atoms with Crippen LogP contribution >= 0.6 is 11.6 Å². The molecule has 1 amide bonds. The molecule has 31 heavy (non-hydrogen) atoms. The maximum atomic E-state index is 13.4. The number of aromatic nitrogens is 1. The van der Waals surface area contributed by atoms with Crippen molar-refractivity contribution in [2.75, 3.05) is 12.4 Å². The molecule has 6 heteroatoms. The predicted molar refractivity (Wildman–Crippen MR) is 122 cm³/mol. The molecule has 0 radical (unpaired) electrons. The summed E-state index contributed by atoms with van der Waals surface area (Å²) in [6.07, 6.45) is 7.15. The van der Waals surface area contributed by atoms with Crippen LogP contribution in [0.15, 0.2) is 67.0 Å². The minimum atomic E-state index is -0.539. The SMILES string of the molecule is COc1ccc(NC(=O)C2(c3ccc(Cl)cc3)CCCC2)cc1OCc1ccncc1. The van der Waals surface area contributed by atoms with Crippen molar-refractivity contribution < 1.29 is 14.3 Å². The fourth-order valence-electron chi connectivity index (χ4n) is 4.15. The van der Waals surface area contributed by atoms with Crippen LogP contribution in [0.3, 0.4) is 0 Å². The molecule has 5 nitrogen and oxygen atoms in total. The molecule has 0 atom stereocenters. The lowest BCUT2D eigenvalue weighted by Gasteiger charge is -2.28. The van der Waals surface area contributed by atoms with E-state index in [9.17, 15) is 4.79 Å². The molecule has 3 aromatic rings. The number of carbonyl (C=O) groups excluding carboxylic acids is 1. The fourth-order valence-corrected chi connectivity index (χ4v) is 4.28. The zero-order valence-corrected chi connectivity index (χ0v) is 18.2. The van der Waals surface area contributed by atoms with E-state index in [-0.39, 0.29) is 5.91 Å². The van der Waals surface area contributed by atoms with E-state index in [0.29, 0.717) is 28.8 Å². The van der Waals surface area contributed by atoms with Gasteiger partial charge in [0.25, 0.3) is 0 Å². The Kier molecular flexibility index (Phi) is 6.42. The van der Waals surface area contributed by atoms with Gasteiger partial charge in [0.05, 0.1) is 12.5 Å². The van der Waals surface area contributed by atoms with Crippen LogP contribution in [0.5, 0.6) is 11.5 Å². The van der Waals surface area contributed by atoms with Gasteiger partial charge in [-0.2, -0.15) is 0 Å². The third-order valence-corrected chi connectivity index (χ3v) is 6.11.